The maximum Gasteiger partial charge on any atom is 0.131 e. The van der Waals surface area contributed by atoms with Crippen molar-refractivity contribution < 1.29 is 0 Å². The van der Waals surface area contributed by atoms with E-state index in [2.05, 4.69) is 56.6 Å². The van der Waals surface area contributed by atoms with Crippen molar-refractivity contribution in [1.82, 2.24) is 19.9 Å². The van der Waals surface area contributed by atoms with Crippen LogP contribution in [0.2, 0.25) is 0 Å². The number of hydrogen-bond acceptors (Lipinski definition) is 5. The number of aromatic nitrogens is 3. The van der Waals surface area contributed by atoms with Gasteiger partial charge in [0, 0.05) is 23.8 Å². The second-order valence-electron chi connectivity index (χ2n) is 7.85. The molecule has 1 atom stereocenters. The molecule has 1 aliphatic rings. The van der Waals surface area contributed by atoms with Gasteiger partial charge in [-0.15, -0.1) is 0 Å². The van der Waals surface area contributed by atoms with E-state index < -0.39 is 0 Å². The molecule has 30 heavy (non-hydrogen) atoms. The van der Waals surface area contributed by atoms with Crippen LogP contribution in [0.3, 0.4) is 0 Å². The largest absolute Gasteiger partial charge is 0.325 e. The molecule has 4 heterocycles. The predicted octanol–water partition coefficient (Wildman–Crippen LogP) is 5.41. The van der Waals surface area contributed by atoms with Crippen molar-refractivity contribution in [2.75, 3.05) is 11.9 Å². The van der Waals surface area contributed by atoms with E-state index in [9.17, 15) is 0 Å². The van der Waals surface area contributed by atoms with Crippen molar-refractivity contribution in [2.45, 2.75) is 32.4 Å². The van der Waals surface area contributed by atoms with Crippen LogP contribution < -0.4 is 5.32 Å². The standard InChI is InChI=1S/C25H25N5/c1-18-7-2-13-24(27-18)29-25-14-4-11-22(28-25)23-12-6-16-30(23)17-19-8-3-10-21-20(19)9-5-15-26-21/h2-5,7-11,13-15,23H,6,12,16-17H2,1H3,(H,27,28,29)/t23-/m1/s1. The van der Waals surface area contributed by atoms with Crippen molar-refractivity contribution in [1.29, 1.82) is 0 Å². The highest BCUT2D eigenvalue weighted by Gasteiger charge is 2.27. The molecule has 3 aromatic heterocycles. The molecule has 5 heteroatoms. The fraction of sp³-hybridized carbons (Fsp3) is 0.240. The second kappa shape index (κ2) is 8.20. The Balaban J connectivity index is 1.38. The molecule has 0 aliphatic carbocycles. The van der Waals surface area contributed by atoms with E-state index in [0.29, 0.717) is 6.04 Å². The molecule has 1 aromatic carbocycles. The van der Waals surface area contributed by atoms with E-state index in [1.165, 1.54) is 17.4 Å². The zero-order valence-corrected chi connectivity index (χ0v) is 17.1. The molecule has 0 saturated carbocycles. The summed E-state index contributed by atoms with van der Waals surface area (Å²) in [6, 6.07) is 23.1. The van der Waals surface area contributed by atoms with Crippen LogP contribution in [0.4, 0.5) is 11.6 Å². The summed E-state index contributed by atoms with van der Waals surface area (Å²) in [6.07, 6.45) is 4.17. The smallest absolute Gasteiger partial charge is 0.131 e. The highest BCUT2D eigenvalue weighted by atomic mass is 15.2. The number of fused-ring (bicyclic) bond motifs is 1. The number of nitrogens with one attached hydrogen (secondary N) is 1. The van der Waals surface area contributed by atoms with Gasteiger partial charge < -0.3 is 5.32 Å². The molecule has 1 aliphatic heterocycles. The van der Waals surface area contributed by atoms with Gasteiger partial charge in [0.05, 0.1) is 17.3 Å². The molecule has 0 bridgehead atoms. The van der Waals surface area contributed by atoms with Crippen molar-refractivity contribution in [3.8, 4) is 0 Å². The van der Waals surface area contributed by atoms with Gasteiger partial charge in [0.1, 0.15) is 11.6 Å². The minimum atomic E-state index is 0.323. The lowest BCUT2D eigenvalue weighted by molar-refractivity contribution is 0.245. The first kappa shape index (κ1) is 18.7. The quantitative estimate of drug-likeness (QED) is 0.489. The molecule has 150 valence electrons. The normalized spacial score (nSPS) is 16.8. The molecule has 5 rings (SSSR count). The van der Waals surface area contributed by atoms with Gasteiger partial charge >= 0.3 is 0 Å². The summed E-state index contributed by atoms with van der Waals surface area (Å²) in [7, 11) is 0. The Morgan fingerprint density at radius 3 is 2.67 bits per heavy atom. The first-order valence-corrected chi connectivity index (χ1v) is 10.5. The average Bonchev–Trinajstić information content (AvgIpc) is 3.22. The van der Waals surface area contributed by atoms with E-state index in [0.717, 1.165) is 48.1 Å². The van der Waals surface area contributed by atoms with Crippen molar-refractivity contribution in [3.05, 3.63) is 89.9 Å². The average molecular weight is 396 g/mol. The maximum atomic E-state index is 4.93. The number of aryl methyl sites for hydroxylation is 1. The number of pyridine rings is 3. The highest BCUT2D eigenvalue weighted by molar-refractivity contribution is 5.81. The molecular formula is C25H25N5. The number of hydrogen-bond donors (Lipinski definition) is 1. The topological polar surface area (TPSA) is 53.9 Å². The van der Waals surface area contributed by atoms with Gasteiger partial charge in [-0.1, -0.05) is 30.3 Å². The Morgan fingerprint density at radius 2 is 1.77 bits per heavy atom. The van der Waals surface area contributed by atoms with Gasteiger partial charge in [-0.25, -0.2) is 9.97 Å². The Bertz CT molecular complexity index is 1170. The zero-order valence-electron chi connectivity index (χ0n) is 17.1. The summed E-state index contributed by atoms with van der Waals surface area (Å²) in [5, 5.41) is 4.58. The third-order valence-electron chi connectivity index (χ3n) is 5.73. The van der Waals surface area contributed by atoms with Gasteiger partial charge in [-0.3, -0.25) is 9.88 Å². The fourth-order valence-electron chi connectivity index (χ4n) is 4.32. The van der Waals surface area contributed by atoms with Crippen LogP contribution in [-0.4, -0.2) is 26.4 Å². The summed E-state index contributed by atoms with van der Waals surface area (Å²) in [5.74, 6) is 1.66. The van der Waals surface area contributed by atoms with Gasteiger partial charge in [-0.2, -0.15) is 0 Å². The van der Waals surface area contributed by atoms with Crippen LogP contribution in [0, 0.1) is 6.92 Å². The fourth-order valence-corrected chi connectivity index (χ4v) is 4.32. The lowest BCUT2D eigenvalue weighted by Crippen LogP contribution is -2.23. The Morgan fingerprint density at radius 1 is 0.933 bits per heavy atom. The minimum Gasteiger partial charge on any atom is -0.325 e. The lowest BCUT2D eigenvalue weighted by atomic mass is 10.1. The molecule has 1 N–H and O–H groups in total. The Kier molecular flexibility index (Phi) is 5.11. The van der Waals surface area contributed by atoms with Gasteiger partial charge in [0.2, 0.25) is 0 Å². The summed E-state index contributed by atoms with van der Waals surface area (Å²) < 4.78 is 0. The molecule has 0 unspecified atom stereocenters. The third kappa shape index (κ3) is 3.89. The molecule has 4 aromatic rings. The Labute approximate surface area is 176 Å². The van der Waals surface area contributed by atoms with Crippen LogP contribution in [0.25, 0.3) is 10.9 Å². The molecule has 1 saturated heterocycles. The lowest BCUT2D eigenvalue weighted by Gasteiger charge is -2.25. The maximum absolute atomic E-state index is 4.93. The second-order valence-corrected chi connectivity index (χ2v) is 7.85. The summed E-state index contributed by atoms with van der Waals surface area (Å²) >= 11 is 0. The number of likely N-dealkylation sites (tertiary alicyclic amines) is 1. The third-order valence-corrected chi connectivity index (χ3v) is 5.73. The van der Waals surface area contributed by atoms with Crippen molar-refractivity contribution >= 4 is 22.5 Å². The first-order valence-electron chi connectivity index (χ1n) is 10.5. The van der Waals surface area contributed by atoms with E-state index in [-0.39, 0.29) is 0 Å². The molecule has 0 spiro atoms. The number of nitrogens with zero attached hydrogens (tertiary/aromatic N) is 4. The van der Waals surface area contributed by atoms with Gasteiger partial charge in [-0.05, 0) is 68.3 Å². The summed E-state index contributed by atoms with van der Waals surface area (Å²) in [5.41, 5.74) is 4.48. The van der Waals surface area contributed by atoms with Crippen molar-refractivity contribution in [2.24, 2.45) is 0 Å². The van der Waals surface area contributed by atoms with Gasteiger partial charge in [0.25, 0.3) is 0 Å². The molecule has 0 amide bonds. The van der Waals surface area contributed by atoms with Crippen LogP contribution in [0.1, 0.15) is 35.8 Å². The number of anilines is 2. The van der Waals surface area contributed by atoms with E-state index in [4.69, 9.17) is 4.98 Å². The van der Waals surface area contributed by atoms with Crippen molar-refractivity contribution in [3.63, 3.8) is 0 Å². The SMILES string of the molecule is Cc1cccc(Nc2cccc([C@H]3CCCN3Cc3cccc4ncccc34)n2)n1. The minimum absolute atomic E-state index is 0.323. The Hall–Kier alpha value is -3.31. The summed E-state index contributed by atoms with van der Waals surface area (Å²) in [4.78, 5) is 16.5. The van der Waals surface area contributed by atoms with Crippen LogP contribution in [-0.2, 0) is 6.54 Å². The monoisotopic (exact) mass is 395 g/mol. The van der Waals surface area contributed by atoms with Crippen LogP contribution >= 0.6 is 0 Å². The molecular weight excluding hydrogens is 370 g/mol. The molecule has 5 nitrogen and oxygen atoms in total. The highest BCUT2D eigenvalue weighted by Crippen LogP contribution is 2.33. The van der Waals surface area contributed by atoms with E-state index in [1.54, 1.807) is 0 Å². The summed E-state index contributed by atoms with van der Waals surface area (Å²) in [6.45, 7) is 3.99. The van der Waals surface area contributed by atoms with Crippen LogP contribution in [0.15, 0.2) is 72.9 Å². The molecule has 0 radical (unpaired) electrons. The van der Waals surface area contributed by atoms with Gasteiger partial charge in [0.15, 0.2) is 0 Å². The van der Waals surface area contributed by atoms with Crippen LogP contribution in [0.5, 0.6) is 0 Å². The number of rotatable bonds is 5. The first-order chi connectivity index (χ1) is 14.8. The predicted molar refractivity (Wildman–Crippen MR) is 121 cm³/mol. The zero-order chi connectivity index (χ0) is 20.3. The molecule has 1 fully saturated rings. The number of benzene rings is 1. The van der Waals surface area contributed by atoms with E-state index >= 15 is 0 Å². The van der Waals surface area contributed by atoms with E-state index in [1.807, 2.05) is 43.5 Å².